The van der Waals surface area contributed by atoms with Crippen LogP contribution >= 0.6 is 12.4 Å². The van der Waals surface area contributed by atoms with Crippen LogP contribution in [0.15, 0.2) is 30.3 Å². The van der Waals surface area contributed by atoms with Crippen LogP contribution in [0.2, 0.25) is 0 Å². The van der Waals surface area contributed by atoms with Crippen LogP contribution in [-0.2, 0) is 4.79 Å². The summed E-state index contributed by atoms with van der Waals surface area (Å²) in [6.45, 7) is 3.59. The van der Waals surface area contributed by atoms with E-state index in [0.717, 1.165) is 25.1 Å². The van der Waals surface area contributed by atoms with Gasteiger partial charge in [0, 0.05) is 25.2 Å². The second-order valence-corrected chi connectivity index (χ2v) is 5.92. The van der Waals surface area contributed by atoms with Gasteiger partial charge in [-0.05, 0) is 26.1 Å². The smallest absolute Gasteiger partial charge is 0.227 e. The van der Waals surface area contributed by atoms with Gasteiger partial charge in [-0.1, -0.05) is 37.3 Å². The number of carbonyl (C=O) groups is 1. The molecule has 118 valence electrons. The fraction of sp³-hybridized carbons (Fsp3) is 0.562. The van der Waals surface area contributed by atoms with Crippen molar-refractivity contribution < 1.29 is 4.79 Å². The van der Waals surface area contributed by atoms with Crippen molar-refractivity contribution in [3.63, 3.8) is 0 Å². The molecule has 1 saturated heterocycles. The van der Waals surface area contributed by atoms with Gasteiger partial charge >= 0.3 is 0 Å². The zero-order valence-electron chi connectivity index (χ0n) is 13.0. The molecular weight excluding hydrogens is 286 g/mol. The van der Waals surface area contributed by atoms with E-state index < -0.39 is 0 Å². The molecule has 1 amide bonds. The van der Waals surface area contributed by atoms with Gasteiger partial charge < -0.3 is 15.5 Å². The minimum Gasteiger partial charge on any atom is -0.341 e. The first kappa shape index (κ1) is 18.0. The van der Waals surface area contributed by atoms with Crippen LogP contribution < -0.4 is 5.73 Å². The highest BCUT2D eigenvalue weighted by molar-refractivity contribution is 5.85. The van der Waals surface area contributed by atoms with Crippen LogP contribution in [-0.4, -0.2) is 48.9 Å². The van der Waals surface area contributed by atoms with Gasteiger partial charge in [0.05, 0.1) is 5.92 Å². The van der Waals surface area contributed by atoms with E-state index in [1.807, 2.05) is 42.2 Å². The Morgan fingerprint density at radius 2 is 1.95 bits per heavy atom. The summed E-state index contributed by atoms with van der Waals surface area (Å²) in [5.41, 5.74) is 7.27. The summed E-state index contributed by atoms with van der Waals surface area (Å²) in [5, 5.41) is 0. The highest BCUT2D eigenvalue weighted by Crippen LogP contribution is 2.23. The number of likely N-dealkylation sites (N-methyl/N-ethyl adjacent to an activating group) is 1. The molecule has 1 aromatic rings. The molecule has 5 heteroatoms. The number of benzene rings is 1. The van der Waals surface area contributed by atoms with E-state index in [4.69, 9.17) is 5.73 Å². The number of carbonyl (C=O) groups excluding carboxylic acids is 1. The summed E-state index contributed by atoms with van der Waals surface area (Å²) in [6.07, 6.45) is 1.05. The fourth-order valence-electron chi connectivity index (χ4n) is 2.77. The first-order chi connectivity index (χ1) is 9.50. The lowest BCUT2D eigenvalue weighted by Gasteiger charge is -2.26. The van der Waals surface area contributed by atoms with Gasteiger partial charge in [0.2, 0.25) is 5.91 Å². The second-order valence-electron chi connectivity index (χ2n) is 5.92. The molecule has 0 saturated carbocycles. The first-order valence-electron chi connectivity index (χ1n) is 7.26. The molecule has 1 aliphatic heterocycles. The molecule has 2 rings (SSSR count). The number of amides is 1. The minimum absolute atomic E-state index is 0. The van der Waals surface area contributed by atoms with Gasteiger partial charge in [0.15, 0.2) is 0 Å². The average molecular weight is 312 g/mol. The maximum atomic E-state index is 12.6. The van der Waals surface area contributed by atoms with E-state index in [-0.39, 0.29) is 30.3 Å². The average Bonchev–Trinajstić information content (AvgIpc) is 2.96. The third-order valence-electron chi connectivity index (χ3n) is 4.32. The third kappa shape index (κ3) is 4.19. The summed E-state index contributed by atoms with van der Waals surface area (Å²) < 4.78 is 0. The van der Waals surface area contributed by atoms with Crippen molar-refractivity contribution in [2.45, 2.75) is 25.4 Å². The van der Waals surface area contributed by atoms with Gasteiger partial charge in [0.25, 0.3) is 0 Å². The quantitative estimate of drug-likeness (QED) is 0.924. The van der Waals surface area contributed by atoms with Crippen molar-refractivity contribution in [1.82, 2.24) is 9.80 Å². The number of hydrogen-bond acceptors (Lipinski definition) is 3. The lowest BCUT2D eigenvalue weighted by Crippen LogP contribution is -2.40. The second kappa shape index (κ2) is 7.78. The van der Waals surface area contributed by atoms with Crippen molar-refractivity contribution in [3.8, 4) is 0 Å². The van der Waals surface area contributed by atoms with Crippen molar-refractivity contribution >= 4 is 18.3 Å². The normalized spacial score (nSPS) is 21.0. The Hall–Kier alpha value is -1.10. The molecule has 0 bridgehead atoms. The highest BCUT2D eigenvalue weighted by Gasteiger charge is 2.32. The minimum atomic E-state index is -0.234. The number of hydrogen-bond donors (Lipinski definition) is 1. The Morgan fingerprint density at radius 3 is 2.48 bits per heavy atom. The Labute approximate surface area is 133 Å². The van der Waals surface area contributed by atoms with Crippen molar-refractivity contribution in [2.75, 3.05) is 27.2 Å². The van der Waals surface area contributed by atoms with Crippen molar-refractivity contribution in [3.05, 3.63) is 35.9 Å². The van der Waals surface area contributed by atoms with Crippen LogP contribution in [0.5, 0.6) is 0 Å². The SMILES string of the molecule is CC(C(=O)N1CCC(N(C)C)C1)C(N)c1ccccc1.Cl. The Balaban J connectivity index is 0.00000220. The van der Waals surface area contributed by atoms with Crippen LogP contribution in [0.25, 0.3) is 0 Å². The summed E-state index contributed by atoms with van der Waals surface area (Å²) in [6, 6.07) is 10.1. The lowest BCUT2D eigenvalue weighted by molar-refractivity contribution is -0.134. The molecular formula is C16H26ClN3O. The summed E-state index contributed by atoms with van der Waals surface area (Å²) in [7, 11) is 4.13. The Bertz CT molecular complexity index is 452. The predicted molar refractivity (Wildman–Crippen MR) is 88.5 cm³/mol. The first-order valence-corrected chi connectivity index (χ1v) is 7.26. The number of rotatable bonds is 4. The molecule has 1 aromatic carbocycles. The predicted octanol–water partition coefficient (Wildman–Crippen LogP) is 1.91. The number of nitrogens with two attached hydrogens (primary N) is 1. The van der Waals surface area contributed by atoms with Gasteiger partial charge in [-0.2, -0.15) is 0 Å². The molecule has 1 heterocycles. The van der Waals surface area contributed by atoms with E-state index in [9.17, 15) is 4.79 Å². The Morgan fingerprint density at radius 1 is 1.33 bits per heavy atom. The molecule has 2 N–H and O–H groups in total. The Kier molecular flexibility index (Phi) is 6.65. The van der Waals surface area contributed by atoms with Crippen LogP contribution in [0.3, 0.4) is 0 Å². The molecule has 0 spiro atoms. The number of nitrogens with zero attached hydrogens (tertiary/aromatic N) is 2. The molecule has 1 aliphatic rings. The van der Waals surface area contributed by atoms with E-state index in [0.29, 0.717) is 6.04 Å². The highest BCUT2D eigenvalue weighted by atomic mass is 35.5. The summed E-state index contributed by atoms with van der Waals surface area (Å²) >= 11 is 0. The maximum Gasteiger partial charge on any atom is 0.227 e. The summed E-state index contributed by atoms with van der Waals surface area (Å²) in [4.78, 5) is 16.7. The van der Waals surface area contributed by atoms with Crippen molar-refractivity contribution in [2.24, 2.45) is 11.7 Å². The van der Waals surface area contributed by atoms with E-state index in [1.54, 1.807) is 0 Å². The summed E-state index contributed by atoms with van der Waals surface area (Å²) in [5.74, 6) is -0.0102. The third-order valence-corrected chi connectivity index (χ3v) is 4.32. The molecule has 21 heavy (non-hydrogen) atoms. The van der Waals surface area contributed by atoms with Gasteiger partial charge in [-0.3, -0.25) is 4.79 Å². The van der Waals surface area contributed by atoms with Crippen LogP contribution in [0, 0.1) is 5.92 Å². The number of likely N-dealkylation sites (tertiary alicyclic amines) is 1. The largest absolute Gasteiger partial charge is 0.341 e. The molecule has 3 unspecified atom stereocenters. The zero-order chi connectivity index (χ0) is 14.7. The molecule has 3 atom stereocenters. The van der Waals surface area contributed by atoms with E-state index in [1.165, 1.54) is 0 Å². The maximum absolute atomic E-state index is 12.6. The molecule has 0 aromatic heterocycles. The van der Waals surface area contributed by atoms with Gasteiger partial charge in [-0.15, -0.1) is 12.4 Å². The standard InChI is InChI=1S/C16H25N3O.ClH/c1-12(15(17)13-7-5-4-6-8-13)16(20)19-10-9-14(11-19)18(2)3;/h4-8,12,14-15H,9-11,17H2,1-3H3;1H. The van der Waals surface area contributed by atoms with E-state index >= 15 is 0 Å². The fourth-order valence-corrected chi connectivity index (χ4v) is 2.77. The molecule has 1 fully saturated rings. The van der Waals surface area contributed by atoms with Crippen LogP contribution in [0.1, 0.15) is 24.9 Å². The topological polar surface area (TPSA) is 49.6 Å². The molecule has 0 aliphatic carbocycles. The van der Waals surface area contributed by atoms with Crippen LogP contribution in [0.4, 0.5) is 0 Å². The molecule has 4 nitrogen and oxygen atoms in total. The van der Waals surface area contributed by atoms with Gasteiger partial charge in [-0.25, -0.2) is 0 Å². The number of halogens is 1. The lowest BCUT2D eigenvalue weighted by atomic mass is 9.94. The monoisotopic (exact) mass is 311 g/mol. The van der Waals surface area contributed by atoms with Crippen molar-refractivity contribution in [1.29, 1.82) is 0 Å². The van der Waals surface area contributed by atoms with E-state index in [2.05, 4.69) is 19.0 Å². The zero-order valence-corrected chi connectivity index (χ0v) is 13.8. The molecule has 0 radical (unpaired) electrons. The van der Waals surface area contributed by atoms with Gasteiger partial charge in [0.1, 0.15) is 0 Å².